The van der Waals surface area contributed by atoms with E-state index in [0.29, 0.717) is 23.7 Å². The van der Waals surface area contributed by atoms with Gasteiger partial charge in [0.1, 0.15) is 11.8 Å². The molecule has 222 valence electrons. The van der Waals surface area contributed by atoms with E-state index in [4.69, 9.17) is 5.73 Å². The summed E-state index contributed by atoms with van der Waals surface area (Å²) in [5.41, 5.74) is 8.03. The number of unbranched alkanes of at least 4 members (excludes halogenated alkanes) is 4. The van der Waals surface area contributed by atoms with Gasteiger partial charge in [-0.3, -0.25) is 19.3 Å². The summed E-state index contributed by atoms with van der Waals surface area (Å²) < 4.78 is 0. The summed E-state index contributed by atoms with van der Waals surface area (Å²) in [5.74, 6) is 1.15. The first-order valence-corrected chi connectivity index (χ1v) is 16.0. The van der Waals surface area contributed by atoms with E-state index in [1.165, 1.54) is 58.3 Å². The summed E-state index contributed by atoms with van der Waals surface area (Å²) in [6, 6.07) is 4.65. The quantitative estimate of drug-likeness (QED) is 0.199. The molecule has 4 aliphatic carbocycles. The van der Waals surface area contributed by atoms with Crippen LogP contribution in [0.2, 0.25) is 0 Å². The number of hydrogen-bond acceptors (Lipinski definition) is 6. The molecule has 1 aliphatic heterocycles. The molecule has 6 rings (SSSR count). The third-order valence-electron chi connectivity index (χ3n) is 11.8. The number of nitrogens with two attached hydrogens (primary N) is 1. The van der Waals surface area contributed by atoms with E-state index in [0.717, 1.165) is 47.5 Å². The number of carbonyl (C=O) groups excluding carboxylic acids is 4. The topological polar surface area (TPSA) is 122 Å². The molecule has 1 aromatic rings. The van der Waals surface area contributed by atoms with Crippen molar-refractivity contribution in [1.82, 2.24) is 10.2 Å². The second kappa shape index (κ2) is 10.8. The molecule has 0 saturated heterocycles. The van der Waals surface area contributed by atoms with Gasteiger partial charge in [0.05, 0.1) is 11.1 Å². The Morgan fingerprint density at radius 1 is 1.00 bits per heavy atom. The Bertz CT molecular complexity index is 1250. The molecule has 41 heavy (non-hydrogen) atoms. The first-order chi connectivity index (χ1) is 19.7. The van der Waals surface area contributed by atoms with E-state index in [-0.39, 0.29) is 29.8 Å². The standard InChI is InChI=1S/C33H46N4O4/c1-20(38)11-12-27(29(34)39)37-30(40)25-9-8-10-26(28(25)31(37)41)36-14-7-5-3-4-6-13-35-21(2)32-17-22-15-23-16-24(19-32)33(23,32)18-22/h8-10,21-24,27,35-36H,3-7,11-19H2,1-2H3,(H2,34,39). The lowest BCUT2D eigenvalue weighted by Gasteiger charge is -2.75. The molecule has 0 radical (unpaired) electrons. The number of ketones is 1. The van der Waals surface area contributed by atoms with Crippen LogP contribution in [0.25, 0.3) is 0 Å². The van der Waals surface area contributed by atoms with Crippen LogP contribution in [0.3, 0.4) is 0 Å². The Kier molecular flexibility index (Phi) is 7.50. The number of anilines is 1. The zero-order valence-electron chi connectivity index (χ0n) is 24.7. The van der Waals surface area contributed by atoms with Gasteiger partial charge < -0.3 is 21.2 Å². The van der Waals surface area contributed by atoms with Crippen LogP contribution in [0.15, 0.2) is 18.2 Å². The second-order valence-corrected chi connectivity index (χ2v) is 13.8. The zero-order valence-corrected chi connectivity index (χ0v) is 24.7. The number of imide groups is 1. The van der Waals surface area contributed by atoms with E-state index >= 15 is 0 Å². The van der Waals surface area contributed by atoms with Gasteiger partial charge in [0.25, 0.3) is 11.8 Å². The predicted molar refractivity (Wildman–Crippen MR) is 157 cm³/mol. The van der Waals surface area contributed by atoms with Crippen molar-refractivity contribution in [3.8, 4) is 0 Å². The van der Waals surface area contributed by atoms with Gasteiger partial charge in [0, 0.05) is 24.7 Å². The van der Waals surface area contributed by atoms with Crippen molar-refractivity contribution >= 4 is 29.2 Å². The van der Waals surface area contributed by atoms with Crippen molar-refractivity contribution in [1.29, 1.82) is 0 Å². The molecule has 4 saturated carbocycles. The van der Waals surface area contributed by atoms with Gasteiger partial charge in [0.2, 0.25) is 5.91 Å². The maximum atomic E-state index is 13.2. The molecule has 7 atom stereocenters. The largest absolute Gasteiger partial charge is 0.384 e. The van der Waals surface area contributed by atoms with E-state index in [9.17, 15) is 19.2 Å². The van der Waals surface area contributed by atoms with Crippen molar-refractivity contribution in [3.63, 3.8) is 0 Å². The highest BCUT2D eigenvalue weighted by molar-refractivity contribution is 6.25. The summed E-state index contributed by atoms with van der Waals surface area (Å²) in [6.07, 6.45) is 13.3. The van der Waals surface area contributed by atoms with Crippen molar-refractivity contribution in [2.45, 2.75) is 103 Å². The average molecular weight is 563 g/mol. The van der Waals surface area contributed by atoms with Crippen molar-refractivity contribution < 1.29 is 19.2 Å². The van der Waals surface area contributed by atoms with Crippen LogP contribution in [0, 0.1) is 28.6 Å². The molecule has 8 nitrogen and oxygen atoms in total. The second-order valence-electron chi connectivity index (χ2n) is 13.8. The van der Waals surface area contributed by atoms with Crippen LogP contribution in [-0.2, 0) is 9.59 Å². The van der Waals surface area contributed by atoms with Crippen LogP contribution in [0.1, 0.15) is 112 Å². The minimum absolute atomic E-state index is 0.0381. The molecule has 8 heteroatoms. The van der Waals surface area contributed by atoms with Crippen LogP contribution in [0.5, 0.6) is 0 Å². The molecule has 4 fully saturated rings. The minimum Gasteiger partial charge on any atom is -0.384 e. The molecule has 1 aromatic carbocycles. The van der Waals surface area contributed by atoms with Crippen molar-refractivity contribution in [2.24, 2.45) is 34.3 Å². The molecule has 3 amide bonds. The monoisotopic (exact) mass is 562 g/mol. The Hall–Kier alpha value is -2.74. The van der Waals surface area contributed by atoms with Crippen LogP contribution in [-0.4, -0.2) is 53.6 Å². The van der Waals surface area contributed by atoms with E-state index in [1.54, 1.807) is 18.2 Å². The fraction of sp³-hybridized carbons (Fsp3) is 0.697. The lowest BCUT2D eigenvalue weighted by molar-refractivity contribution is -0.254. The van der Waals surface area contributed by atoms with Gasteiger partial charge in [-0.15, -0.1) is 0 Å². The fourth-order valence-corrected chi connectivity index (χ4v) is 10.0. The van der Waals surface area contributed by atoms with E-state index in [1.807, 2.05) is 0 Å². The maximum Gasteiger partial charge on any atom is 0.264 e. The average Bonchev–Trinajstić information content (AvgIpc) is 3.51. The summed E-state index contributed by atoms with van der Waals surface area (Å²) in [4.78, 5) is 50.7. The maximum absolute atomic E-state index is 13.2. The highest BCUT2D eigenvalue weighted by Gasteiger charge is 2.81. The normalized spacial score (nSPS) is 31.8. The lowest BCUT2D eigenvalue weighted by Crippen LogP contribution is -2.71. The number of fused-ring (bicyclic) bond motifs is 2. The molecule has 0 aromatic heterocycles. The molecule has 7 unspecified atom stereocenters. The summed E-state index contributed by atoms with van der Waals surface area (Å²) in [5, 5.41) is 7.27. The molecule has 1 spiro atoms. The predicted octanol–water partition coefficient (Wildman–Crippen LogP) is 4.67. The first kappa shape index (κ1) is 28.4. The van der Waals surface area contributed by atoms with Crippen molar-refractivity contribution in [2.75, 3.05) is 18.4 Å². The van der Waals surface area contributed by atoms with Crippen LogP contribution in [0.4, 0.5) is 5.69 Å². The molecule has 2 bridgehead atoms. The molecule has 1 heterocycles. The third kappa shape index (κ3) is 4.43. The fourth-order valence-electron chi connectivity index (χ4n) is 10.0. The Labute approximate surface area is 243 Å². The highest BCUT2D eigenvalue weighted by Crippen LogP contribution is 2.87. The van der Waals surface area contributed by atoms with Gasteiger partial charge >= 0.3 is 0 Å². The number of Topliss-reactive ketones (excluding diaryl/α,β-unsaturated/α-hetero) is 1. The SMILES string of the molecule is CC(=O)CCC(C(N)=O)N1C(=O)c2cccc(NCCCCCCCNC(C)C34CC5CC6CC(C3)C64C5)c2C1=O. The summed E-state index contributed by atoms with van der Waals surface area (Å²) in [6.45, 7) is 5.68. The Morgan fingerprint density at radius 3 is 2.46 bits per heavy atom. The lowest BCUT2D eigenvalue weighted by atomic mass is 9.30. The Balaban J connectivity index is 0.912. The zero-order chi connectivity index (χ0) is 28.9. The number of amides is 3. The van der Waals surface area contributed by atoms with Crippen LogP contribution < -0.4 is 16.4 Å². The minimum atomic E-state index is -1.13. The van der Waals surface area contributed by atoms with E-state index in [2.05, 4.69) is 17.6 Å². The first-order valence-electron chi connectivity index (χ1n) is 16.0. The van der Waals surface area contributed by atoms with Gasteiger partial charge in [-0.1, -0.05) is 25.3 Å². The van der Waals surface area contributed by atoms with Crippen molar-refractivity contribution in [3.05, 3.63) is 29.3 Å². The molecular weight excluding hydrogens is 516 g/mol. The number of nitrogens with zero attached hydrogens (tertiary/aromatic N) is 1. The third-order valence-corrected chi connectivity index (χ3v) is 11.8. The molecular formula is C33H46N4O4. The molecule has 5 aliphatic rings. The summed E-state index contributed by atoms with van der Waals surface area (Å²) >= 11 is 0. The highest BCUT2D eigenvalue weighted by atomic mass is 16.2. The number of benzene rings is 1. The Morgan fingerprint density at radius 2 is 1.76 bits per heavy atom. The number of rotatable bonds is 16. The van der Waals surface area contributed by atoms with E-state index < -0.39 is 23.8 Å². The summed E-state index contributed by atoms with van der Waals surface area (Å²) in [7, 11) is 0. The smallest absolute Gasteiger partial charge is 0.264 e. The van der Waals surface area contributed by atoms with Crippen LogP contribution >= 0.6 is 0 Å². The number of hydrogen-bond donors (Lipinski definition) is 3. The number of primary amides is 1. The van der Waals surface area contributed by atoms with Gasteiger partial charge in [-0.2, -0.15) is 0 Å². The van der Waals surface area contributed by atoms with Gasteiger partial charge in [-0.25, -0.2) is 0 Å². The number of nitrogens with one attached hydrogen (secondary N) is 2. The molecule has 4 N–H and O–H groups in total. The number of carbonyl (C=O) groups is 4. The van der Waals surface area contributed by atoms with Gasteiger partial charge in [0.15, 0.2) is 0 Å². The van der Waals surface area contributed by atoms with Gasteiger partial charge in [-0.05, 0) is 112 Å².